The summed E-state index contributed by atoms with van der Waals surface area (Å²) in [6.07, 6.45) is 2.14. The van der Waals surface area contributed by atoms with Gasteiger partial charge in [-0.05, 0) is 86.6 Å². The molecule has 4 N–H and O–H groups in total. The number of aromatic nitrogens is 2. The molecular formula is C42H45N7O8. The van der Waals surface area contributed by atoms with E-state index in [2.05, 4.69) is 49.6 Å². The molecule has 0 aliphatic heterocycles. The number of ether oxygens (including phenoxy) is 2. The van der Waals surface area contributed by atoms with Crippen molar-refractivity contribution in [2.24, 2.45) is 10.2 Å². The van der Waals surface area contributed by atoms with Crippen molar-refractivity contribution in [1.29, 1.82) is 0 Å². The molecule has 0 bridgehead atoms. The minimum absolute atomic E-state index is 0.0810. The van der Waals surface area contributed by atoms with Gasteiger partial charge in [-0.15, -0.1) is 0 Å². The van der Waals surface area contributed by atoms with Gasteiger partial charge in [0.25, 0.3) is 11.8 Å². The molecule has 0 spiro atoms. The van der Waals surface area contributed by atoms with Crippen molar-refractivity contribution < 1.29 is 33.4 Å². The second-order valence-electron chi connectivity index (χ2n) is 13.0. The summed E-state index contributed by atoms with van der Waals surface area (Å²) in [7, 11) is 0. The first kappa shape index (κ1) is 41.4. The molecule has 4 aromatic carbocycles. The number of hydrogen-bond donors (Lipinski definition) is 4. The summed E-state index contributed by atoms with van der Waals surface area (Å²) in [4.78, 5) is 85.3. The Hall–Kier alpha value is -6.74. The van der Waals surface area contributed by atoms with E-state index in [4.69, 9.17) is 9.47 Å². The zero-order valence-corrected chi connectivity index (χ0v) is 32.0. The SMILES string of the molecule is CCCCOC(=O)c1cc(NC(=O)c2ccc(N=NC(C(=O)Nc3ccc4[nH]c(=O)[nH]c4c3)C(=O)c3ccccc3)cc2)cc(C(=O)OCCCN(CC)CC)c1. The Morgan fingerprint density at radius 1 is 0.684 bits per heavy atom. The van der Waals surface area contributed by atoms with Gasteiger partial charge in [-0.2, -0.15) is 10.2 Å². The molecule has 1 atom stereocenters. The number of benzene rings is 4. The van der Waals surface area contributed by atoms with E-state index in [1.807, 2.05) is 6.92 Å². The van der Waals surface area contributed by atoms with E-state index in [1.54, 1.807) is 48.5 Å². The Balaban J connectivity index is 1.30. The highest BCUT2D eigenvalue weighted by Crippen LogP contribution is 2.22. The van der Waals surface area contributed by atoms with E-state index in [0.717, 1.165) is 26.1 Å². The third-order valence-corrected chi connectivity index (χ3v) is 8.90. The lowest BCUT2D eigenvalue weighted by molar-refractivity contribution is -0.116. The molecule has 0 radical (unpaired) electrons. The molecule has 1 aromatic heterocycles. The molecule has 2 amide bonds. The van der Waals surface area contributed by atoms with Crippen molar-refractivity contribution in [3.8, 4) is 0 Å². The first-order valence-corrected chi connectivity index (χ1v) is 18.7. The number of hydrogen-bond acceptors (Lipinski definition) is 11. The van der Waals surface area contributed by atoms with Gasteiger partial charge in [-0.1, -0.05) is 57.5 Å². The summed E-state index contributed by atoms with van der Waals surface area (Å²) in [5.74, 6) is -3.17. The summed E-state index contributed by atoms with van der Waals surface area (Å²) in [5, 5.41) is 13.7. The highest BCUT2D eigenvalue weighted by Gasteiger charge is 2.28. The number of imidazole rings is 1. The highest BCUT2D eigenvalue weighted by molar-refractivity contribution is 6.17. The Kier molecular flexibility index (Phi) is 14.7. The molecule has 0 aliphatic carbocycles. The fourth-order valence-corrected chi connectivity index (χ4v) is 5.72. The molecule has 0 fully saturated rings. The van der Waals surface area contributed by atoms with Crippen LogP contribution >= 0.6 is 0 Å². The summed E-state index contributed by atoms with van der Waals surface area (Å²) >= 11 is 0. The van der Waals surface area contributed by atoms with Crippen molar-refractivity contribution in [3.63, 3.8) is 0 Å². The number of amides is 2. The molecular weight excluding hydrogens is 731 g/mol. The predicted octanol–water partition coefficient (Wildman–Crippen LogP) is 6.93. The van der Waals surface area contributed by atoms with E-state index in [0.29, 0.717) is 29.6 Å². The van der Waals surface area contributed by atoms with Gasteiger partial charge < -0.3 is 35.0 Å². The van der Waals surface area contributed by atoms with Gasteiger partial charge in [0.05, 0.1) is 41.1 Å². The largest absolute Gasteiger partial charge is 0.462 e. The quantitative estimate of drug-likeness (QED) is 0.0225. The molecule has 57 heavy (non-hydrogen) atoms. The van der Waals surface area contributed by atoms with Gasteiger partial charge in [0.15, 0.2) is 5.78 Å². The van der Waals surface area contributed by atoms with Crippen molar-refractivity contribution >= 4 is 57.6 Å². The molecule has 296 valence electrons. The van der Waals surface area contributed by atoms with Crippen LogP contribution in [0.1, 0.15) is 81.5 Å². The molecule has 0 aliphatic rings. The number of aromatic amines is 2. The number of fused-ring (bicyclic) bond motifs is 1. The molecule has 5 aromatic rings. The Labute approximate surface area is 328 Å². The number of rotatable bonds is 19. The second kappa shape index (κ2) is 20.3. The van der Waals surface area contributed by atoms with E-state index in [1.165, 1.54) is 42.5 Å². The van der Waals surface area contributed by atoms with Crippen molar-refractivity contribution in [1.82, 2.24) is 14.9 Å². The lowest BCUT2D eigenvalue weighted by atomic mass is 10.0. The Morgan fingerprint density at radius 3 is 1.98 bits per heavy atom. The molecule has 15 nitrogen and oxygen atoms in total. The van der Waals surface area contributed by atoms with E-state index >= 15 is 0 Å². The summed E-state index contributed by atoms with van der Waals surface area (Å²) in [6.45, 7) is 9.02. The van der Waals surface area contributed by atoms with Gasteiger partial charge >= 0.3 is 17.6 Å². The first-order chi connectivity index (χ1) is 27.6. The van der Waals surface area contributed by atoms with Crippen LogP contribution in [0.15, 0.2) is 106 Å². The minimum Gasteiger partial charge on any atom is -0.462 e. The first-order valence-electron chi connectivity index (χ1n) is 18.7. The van der Waals surface area contributed by atoms with Crippen molar-refractivity contribution in [2.45, 2.75) is 46.1 Å². The molecule has 1 unspecified atom stereocenters. The van der Waals surface area contributed by atoms with Crippen LogP contribution in [0.5, 0.6) is 0 Å². The van der Waals surface area contributed by atoms with Gasteiger partial charge in [0, 0.05) is 29.0 Å². The van der Waals surface area contributed by atoms with E-state index in [9.17, 15) is 28.8 Å². The van der Waals surface area contributed by atoms with Crippen LogP contribution in [0.25, 0.3) is 11.0 Å². The molecule has 1 heterocycles. The van der Waals surface area contributed by atoms with Crippen LogP contribution in [-0.2, 0) is 14.3 Å². The lowest BCUT2D eigenvalue weighted by Gasteiger charge is -2.17. The number of nitrogens with one attached hydrogen (secondary N) is 4. The van der Waals surface area contributed by atoms with Crippen molar-refractivity contribution in [2.75, 3.05) is 43.5 Å². The summed E-state index contributed by atoms with van der Waals surface area (Å²) < 4.78 is 10.9. The van der Waals surface area contributed by atoms with Crippen molar-refractivity contribution in [3.05, 3.63) is 124 Å². The third kappa shape index (κ3) is 11.6. The predicted molar refractivity (Wildman–Crippen MR) is 215 cm³/mol. The second-order valence-corrected chi connectivity index (χ2v) is 13.0. The Bertz CT molecular complexity index is 2280. The third-order valence-electron chi connectivity index (χ3n) is 8.90. The number of carbonyl (C=O) groups excluding carboxylic acids is 5. The maximum atomic E-state index is 13.5. The van der Waals surface area contributed by atoms with Gasteiger partial charge in [-0.3, -0.25) is 14.4 Å². The minimum atomic E-state index is -1.57. The number of nitrogens with zero attached hydrogens (tertiary/aromatic N) is 3. The number of Topliss-reactive ketones (excluding diaryl/α,β-unsaturated/α-hetero) is 1. The summed E-state index contributed by atoms with van der Waals surface area (Å²) in [6, 6.07) is 21.5. The number of esters is 2. The molecule has 5 rings (SSSR count). The lowest BCUT2D eigenvalue weighted by Crippen LogP contribution is -2.33. The molecule has 0 saturated heterocycles. The van der Waals surface area contributed by atoms with Crippen LogP contribution in [0.3, 0.4) is 0 Å². The number of anilines is 2. The number of carbonyl (C=O) groups is 5. The van der Waals surface area contributed by atoms with Crippen LogP contribution in [0.2, 0.25) is 0 Å². The molecule has 0 saturated carbocycles. The average molecular weight is 776 g/mol. The zero-order valence-electron chi connectivity index (χ0n) is 32.0. The smallest absolute Gasteiger partial charge is 0.338 e. The topological polar surface area (TPSA) is 204 Å². The maximum absolute atomic E-state index is 13.5. The Morgan fingerprint density at radius 2 is 1.33 bits per heavy atom. The molecule has 15 heteroatoms. The maximum Gasteiger partial charge on any atom is 0.338 e. The number of ketones is 1. The summed E-state index contributed by atoms with van der Waals surface area (Å²) in [5.41, 5.74) is 1.98. The fourth-order valence-electron chi connectivity index (χ4n) is 5.72. The van der Waals surface area contributed by atoms with Gasteiger partial charge in [0.2, 0.25) is 6.04 Å². The van der Waals surface area contributed by atoms with Crippen LogP contribution < -0.4 is 16.3 Å². The van der Waals surface area contributed by atoms with Gasteiger partial charge in [-0.25, -0.2) is 14.4 Å². The average Bonchev–Trinajstić information content (AvgIpc) is 3.60. The van der Waals surface area contributed by atoms with Crippen LogP contribution in [0, 0.1) is 0 Å². The van der Waals surface area contributed by atoms with Crippen LogP contribution in [0.4, 0.5) is 17.1 Å². The standard InChI is InChI=1S/C42H45N7O8/c1-4-7-21-56-40(53)29-23-30(41(54)57-22-11-20-49(5-2)6-3)25-33(24-29)44-38(51)28-14-16-31(17-15-28)47-48-36(37(50)27-12-9-8-10-13-27)39(52)43-32-18-19-34-35(26-32)46-42(55)45-34/h8-10,12-19,23-26,36H,4-7,11,20-22H2,1-3H3,(H,43,52)(H,44,51)(H2,45,46,55). The van der Waals surface area contributed by atoms with Crippen LogP contribution in [-0.4, -0.2) is 83.3 Å². The van der Waals surface area contributed by atoms with E-state index in [-0.39, 0.29) is 46.8 Å². The number of azo groups is 1. The number of H-pyrrole nitrogens is 2. The number of unbranched alkanes of at least 4 members (excludes halogenated alkanes) is 1. The van der Waals surface area contributed by atoms with E-state index < -0.39 is 41.3 Å². The highest BCUT2D eigenvalue weighted by atomic mass is 16.5. The normalized spacial score (nSPS) is 11.7. The monoisotopic (exact) mass is 775 g/mol. The zero-order chi connectivity index (χ0) is 40.7. The fraction of sp³-hybridized carbons (Fsp3) is 0.286. The van der Waals surface area contributed by atoms with Gasteiger partial charge in [0.1, 0.15) is 0 Å².